The van der Waals surface area contributed by atoms with Crippen LogP contribution in [0.4, 0.5) is 0 Å². The summed E-state index contributed by atoms with van der Waals surface area (Å²) in [7, 11) is 0. The Kier molecular flexibility index (Phi) is 4.22. The van der Waals surface area contributed by atoms with Crippen LogP contribution >= 0.6 is 15.9 Å². The van der Waals surface area contributed by atoms with Gasteiger partial charge < -0.3 is 10.4 Å². The van der Waals surface area contributed by atoms with Gasteiger partial charge in [0.15, 0.2) is 0 Å². The number of nitrogens with zero attached hydrogens (tertiary/aromatic N) is 2. The maximum absolute atomic E-state index is 9.77. The molecule has 0 aliphatic heterocycles. The Morgan fingerprint density at radius 2 is 2.41 bits per heavy atom. The molecule has 96 valence electrons. The Balaban J connectivity index is 2.08. The molecule has 1 fully saturated rings. The van der Waals surface area contributed by atoms with E-state index in [0.717, 1.165) is 24.0 Å². The summed E-state index contributed by atoms with van der Waals surface area (Å²) in [4.78, 5) is 0. The van der Waals surface area contributed by atoms with E-state index < -0.39 is 0 Å². The molecule has 4 nitrogen and oxygen atoms in total. The van der Waals surface area contributed by atoms with Gasteiger partial charge in [0.25, 0.3) is 0 Å². The van der Waals surface area contributed by atoms with Gasteiger partial charge in [0.05, 0.1) is 29.4 Å². The molecule has 0 amide bonds. The number of hydrogen-bond donors (Lipinski definition) is 2. The summed E-state index contributed by atoms with van der Waals surface area (Å²) in [6.07, 6.45) is 7.24. The maximum atomic E-state index is 9.77. The van der Waals surface area contributed by atoms with Crippen LogP contribution in [0.5, 0.6) is 0 Å². The van der Waals surface area contributed by atoms with Gasteiger partial charge in [-0.25, -0.2) is 0 Å². The number of halogens is 1. The fourth-order valence-corrected chi connectivity index (χ4v) is 2.62. The third-order valence-electron chi connectivity index (χ3n) is 3.41. The van der Waals surface area contributed by atoms with E-state index in [0.29, 0.717) is 5.92 Å². The van der Waals surface area contributed by atoms with E-state index in [9.17, 15) is 5.11 Å². The lowest BCUT2D eigenvalue weighted by atomic mass is 9.94. The summed E-state index contributed by atoms with van der Waals surface area (Å²) >= 11 is 3.40. The van der Waals surface area contributed by atoms with Crippen molar-refractivity contribution >= 4 is 15.9 Å². The van der Waals surface area contributed by atoms with Crippen LogP contribution in [0.3, 0.4) is 0 Å². The summed E-state index contributed by atoms with van der Waals surface area (Å²) in [5, 5.41) is 17.6. The second-order valence-electron chi connectivity index (χ2n) is 4.87. The second kappa shape index (κ2) is 5.50. The van der Waals surface area contributed by atoms with E-state index in [4.69, 9.17) is 0 Å². The first-order chi connectivity index (χ1) is 8.20. The van der Waals surface area contributed by atoms with Crippen LogP contribution in [0, 0.1) is 5.92 Å². The molecule has 0 spiro atoms. The molecule has 1 aliphatic rings. The summed E-state index contributed by atoms with van der Waals surface area (Å²) in [5.41, 5.74) is -0.193. The zero-order valence-corrected chi connectivity index (χ0v) is 11.8. The van der Waals surface area contributed by atoms with Crippen molar-refractivity contribution in [3.05, 3.63) is 16.9 Å². The lowest BCUT2D eigenvalue weighted by Gasteiger charge is -2.33. The molecule has 2 rings (SSSR count). The van der Waals surface area contributed by atoms with Gasteiger partial charge in [-0.15, -0.1) is 0 Å². The highest BCUT2D eigenvalue weighted by molar-refractivity contribution is 9.10. The molecule has 0 saturated heterocycles. The van der Waals surface area contributed by atoms with Crippen molar-refractivity contribution in [2.75, 3.05) is 13.2 Å². The SMILES string of the molecule is CCCNC(CO)(Cn1cc(Br)cn1)C1CC1. The molecule has 1 aromatic rings. The third kappa shape index (κ3) is 3.09. The van der Waals surface area contributed by atoms with Crippen LogP contribution in [-0.4, -0.2) is 33.6 Å². The standard InChI is InChI=1S/C12H20BrN3O/c1-2-5-14-12(9-17,10-3-4-10)8-16-7-11(13)6-15-16/h6-7,10,14,17H,2-5,8-9H2,1H3. The average molecular weight is 302 g/mol. The molecule has 0 bridgehead atoms. The first kappa shape index (κ1) is 13.1. The van der Waals surface area contributed by atoms with Gasteiger partial charge >= 0.3 is 0 Å². The van der Waals surface area contributed by atoms with E-state index in [2.05, 4.69) is 33.3 Å². The molecule has 5 heteroatoms. The van der Waals surface area contributed by atoms with Gasteiger partial charge in [-0.2, -0.15) is 5.10 Å². The monoisotopic (exact) mass is 301 g/mol. The van der Waals surface area contributed by atoms with Gasteiger partial charge in [-0.05, 0) is 47.7 Å². The average Bonchev–Trinajstić information content (AvgIpc) is 3.10. The molecule has 0 radical (unpaired) electrons. The Hall–Kier alpha value is -0.390. The quantitative estimate of drug-likeness (QED) is 0.807. The highest BCUT2D eigenvalue weighted by Crippen LogP contribution is 2.40. The highest BCUT2D eigenvalue weighted by atomic mass is 79.9. The first-order valence-electron chi connectivity index (χ1n) is 6.24. The van der Waals surface area contributed by atoms with E-state index in [1.165, 1.54) is 12.8 Å². The Bertz CT molecular complexity index is 364. The predicted octanol–water partition coefficient (Wildman–Crippen LogP) is 1.79. The minimum Gasteiger partial charge on any atom is -0.394 e. The Morgan fingerprint density at radius 1 is 1.65 bits per heavy atom. The van der Waals surface area contributed by atoms with Crippen molar-refractivity contribution in [1.82, 2.24) is 15.1 Å². The topological polar surface area (TPSA) is 50.1 Å². The van der Waals surface area contributed by atoms with Crippen LogP contribution in [0.2, 0.25) is 0 Å². The number of aromatic nitrogens is 2. The van der Waals surface area contributed by atoms with E-state index in [1.54, 1.807) is 6.20 Å². The predicted molar refractivity (Wildman–Crippen MR) is 70.8 cm³/mol. The van der Waals surface area contributed by atoms with E-state index in [1.807, 2.05) is 10.9 Å². The van der Waals surface area contributed by atoms with Crippen molar-refractivity contribution in [2.24, 2.45) is 5.92 Å². The molecule has 1 saturated carbocycles. The molecule has 1 atom stereocenters. The van der Waals surface area contributed by atoms with Gasteiger partial charge in [0, 0.05) is 6.20 Å². The third-order valence-corrected chi connectivity index (χ3v) is 3.82. The van der Waals surface area contributed by atoms with Gasteiger partial charge in [-0.3, -0.25) is 4.68 Å². The van der Waals surface area contributed by atoms with Gasteiger partial charge in [0.2, 0.25) is 0 Å². The fraction of sp³-hybridized carbons (Fsp3) is 0.750. The van der Waals surface area contributed by atoms with Crippen molar-refractivity contribution in [3.63, 3.8) is 0 Å². The van der Waals surface area contributed by atoms with E-state index in [-0.39, 0.29) is 12.1 Å². The van der Waals surface area contributed by atoms with Crippen molar-refractivity contribution in [2.45, 2.75) is 38.3 Å². The molecule has 1 aliphatic carbocycles. The number of hydrogen-bond acceptors (Lipinski definition) is 3. The maximum Gasteiger partial charge on any atom is 0.0641 e. The van der Waals surface area contributed by atoms with Crippen LogP contribution in [0.1, 0.15) is 26.2 Å². The van der Waals surface area contributed by atoms with E-state index >= 15 is 0 Å². The Morgan fingerprint density at radius 3 is 2.88 bits per heavy atom. The summed E-state index contributed by atoms with van der Waals surface area (Å²) in [6.45, 7) is 4.00. The lowest BCUT2D eigenvalue weighted by molar-refractivity contribution is 0.118. The molecule has 2 N–H and O–H groups in total. The van der Waals surface area contributed by atoms with Crippen molar-refractivity contribution < 1.29 is 5.11 Å². The normalized spacial score (nSPS) is 19.2. The smallest absolute Gasteiger partial charge is 0.0641 e. The fourth-order valence-electron chi connectivity index (χ4n) is 2.29. The Labute approximate surface area is 111 Å². The minimum absolute atomic E-state index is 0.176. The summed E-state index contributed by atoms with van der Waals surface area (Å²) < 4.78 is 2.89. The van der Waals surface area contributed by atoms with Crippen molar-refractivity contribution in [3.8, 4) is 0 Å². The summed E-state index contributed by atoms with van der Waals surface area (Å²) in [5.74, 6) is 0.585. The van der Waals surface area contributed by atoms with Gasteiger partial charge in [0.1, 0.15) is 0 Å². The van der Waals surface area contributed by atoms with Crippen LogP contribution < -0.4 is 5.32 Å². The highest BCUT2D eigenvalue weighted by Gasteiger charge is 2.44. The minimum atomic E-state index is -0.193. The van der Waals surface area contributed by atoms with Crippen LogP contribution in [0.25, 0.3) is 0 Å². The zero-order valence-electron chi connectivity index (χ0n) is 10.2. The van der Waals surface area contributed by atoms with Gasteiger partial charge in [-0.1, -0.05) is 6.92 Å². The molecule has 0 aromatic carbocycles. The van der Waals surface area contributed by atoms with Crippen LogP contribution in [-0.2, 0) is 6.54 Å². The molecule has 1 unspecified atom stereocenters. The molecular formula is C12H20BrN3O. The molecular weight excluding hydrogens is 282 g/mol. The number of nitrogens with one attached hydrogen (secondary N) is 1. The number of rotatable bonds is 7. The lowest BCUT2D eigenvalue weighted by Crippen LogP contribution is -2.54. The number of aliphatic hydroxyl groups excluding tert-OH is 1. The largest absolute Gasteiger partial charge is 0.394 e. The van der Waals surface area contributed by atoms with Crippen LogP contribution in [0.15, 0.2) is 16.9 Å². The zero-order chi connectivity index (χ0) is 12.3. The first-order valence-corrected chi connectivity index (χ1v) is 7.03. The second-order valence-corrected chi connectivity index (χ2v) is 5.79. The summed E-state index contributed by atoms with van der Waals surface area (Å²) in [6, 6.07) is 0. The van der Waals surface area contributed by atoms with Crippen molar-refractivity contribution in [1.29, 1.82) is 0 Å². The number of aliphatic hydroxyl groups is 1. The molecule has 1 heterocycles. The molecule has 17 heavy (non-hydrogen) atoms. The molecule has 1 aromatic heterocycles.